The number of pyridine rings is 1. The molecule has 7 heteroatoms. The number of imidazole rings is 1. The van der Waals surface area contributed by atoms with Crippen molar-refractivity contribution in [2.24, 2.45) is 0 Å². The van der Waals surface area contributed by atoms with Gasteiger partial charge in [0.05, 0.1) is 12.6 Å². The Morgan fingerprint density at radius 2 is 1.85 bits per heavy atom. The average Bonchev–Trinajstić information content (AvgIpc) is 3.37. The molecule has 0 saturated carbocycles. The van der Waals surface area contributed by atoms with Gasteiger partial charge in [0, 0.05) is 31.4 Å². The molecule has 0 spiro atoms. The second-order valence-electron chi connectivity index (χ2n) is 8.43. The van der Waals surface area contributed by atoms with Gasteiger partial charge in [-0.25, -0.2) is 9.78 Å². The number of benzene rings is 2. The molecule has 33 heavy (non-hydrogen) atoms. The number of amides is 1. The maximum atomic E-state index is 13.2. The highest BCUT2D eigenvalue weighted by molar-refractivity contribution is 5.82. The van der Waals surface area contributed by atoms with E-state index in [1.165, 1.54) is 4.57 Å². The van der Waals surface area contributed by atoms with E-state index in [4.69, 9.17) is 4.74 Å². The van der Waals surface area contributed by atoms with Gasteiger partial charge in [0.25, 0.3) is 0 Å². The van der Waals surface area contributed by atoms with Crippen molar-refractivity contribution < 1.29 is 9.53 Å². The third-order valence-electron chi connectivity index (χ3n) is 6.31. The predicted octanol–water partition coefficient (Wildman–Crippen LogP) is 3.74. The van der Waals surface area contributed by atoms with Crippen molar-refractivity contribution in [3.05, 3.63) is 81.9 Å². The number of fused-ring (bicyclic) bond motifs is 2. The molecular weight excluding hydrogens is 416 g/mol. The molecule has 2 aromatic heterocycles. The number of ether oxygens (including phenoxy) is 1. The summed E-state index contributed by atoms with van der Waals surface area (Å²) < 4.78 is 8.47. The molecule has 0 aliphatic carbocycles. The molecule has 7 nitrogen and oxygen atoms in total. The Labute approximate surface area is 191 Å². The summed E-state index contributed by atoms with van der Waals surface area (Å²) in [5.74, 6) is 0.672. The van der Waals surface area contributed by atoms with E-state index in [0.29, 0.717) is 25.3 Å². The van der Waals surface area contributed by atoms with Gasteiger partial charge in [0.15, 0.2) is 5.65 Å². The summed E-state index contributed by atoms with van der Waals surface area (Å²) in [5, 5.41) is 0. The summed E-state index contributed by atoms with van der Waals surface area (Å²) in [6.07, 6.45) is 1.77. The Balaban J connectivity index is 1.46. The van der Waals surface area contributed by atoms with Gasteiger partial charge < -0.3 is 9.64 Å². The first kappa shape index (κ1) is 21.0. The normalized spacial score (nSPS) is 12.9. The summed E-state index contributed by atoms with van der Waals surface area (Å²) in [4.78, 5) is 32.7. The molecule has 3 heterocycles. The van der Waals surface area contributed by atoms with Crippen molar-refractivity contribution in [3.63, 3.8) is 0 Å². The van der Waals surface area contributed by atoms with Crippen LogP contribution in [0.25, 0.3) is 22.3 Å². The summed E-state index contributed by atoms with van der Waals surface area (Å²) in [6, 6.07) is 16.0. The number of hydrogen-bond donors (Lipinski definition) is 0. The lowest BCUT2D eigenvalue weighted by Crippen LogP contribution is -2.34. The number of hydrogen-bond acceptors (Lipinski definition) is 4. The summed E-state index contributed by atoms with van der Waals surface area (Å²) >= 11 is 0. The standard InChI is InChI=1S/C26H26N4O3/c1-4-29-23-12-20(18-7-5-6-17(2)10-18)13-27-25(23)30(26(29)32)16-24(31)28-14-19-8-9-22(33-3)11-21(19)15-28/h5-13H,4,14-16H2,1-3H3. The van der Waals surface area contributed by atoms with Crippen LogP contribution in [0.1, 0.15) is 23.6 Å². The van der Waals surface area contributed by atoms with Gasteiger partial charge in [-0.05, 0) is 48.7 Å². The Kier molecular flexibility index (Phi) is 5.24. The SMILES string of the molecule is CCn1c(=O)n(CC(=O)N2Cc3ccc(OC)cc3C2)c2ncc(-c3cccc(C)c3)cc21. The zero-order valence-electron chi connectivity index (χ0n) is 19.0. The van der Waals surface area contributed by atoms with Gasteiger partial charge in [-0.15, -0.1) is 0 Å². The monoisotopic (exact) mass is 442 g/mol. The van der Waals surface area contributed by atoms with Crippen LogP contribution in [0.3, 0.4) is 0 Å². The second-order valence-corrected chi connectivity index (χ2v) is 8.43. The minimum Gasteiger partial charge on any atom is -0.497 e. The molecule has 1 aliphatic heterocycles. The van der Waals surface area contributed by atoms with Crippen molar-refractivity contribution in [2.45, 2.75) is 40.0 Å². The Bertz CT molecular complexity index is 1430. The highest BCUT2D eigenvalue weighted by atomic mass is 16.5. The number of aryl methyl sites for hydroxylation is 2. The number of carbonyl (C=O) groups excluding carboxylic acids is 1. The number of nitrogens with zero attached hydrogens (tertiary/aromatic N) is 4. The van der Waals surface area contributed by atoms with Crippen LogP contribution in [0.2, 0.25) is 0 Å². The van der Waals surface area contributed by atoms with Crippen LogP contribution in [0.15, 0.2) is 59.5 Å². The molecule has 4 aromatic rings. The largest absolute Gasteiger partial charge is 0.497 e. The molecule has 0 atom stereocenters. The maximum Gasteiger partial charge on any atom is 0.330 e. The molecule has 2 aromatic carbocycles. The van der Waals surface area contributed by atoms with Gasteiger partial charge in [-0.2, -0.15) is 0 Å². The molecule has 0 radical (unpaired) electrons. The lowest BCUT2D eigenvalue weighted by atomic mass is 10.1. The fraction of sp³-hybridized carbons (Fsp3) is 0.269. The topological polar surface area (TPSA) is 69.4 Å². The Morgan fingerprint density at radius 3 is 2.61 bits per heavy atom. The van der Waals surface area contributed by atoms with Gasteiger partial charge >= 0.3 is 5.69 Å². The van der Waals surface area contributed by atoms with Crippen molar-refractivity contribution in [3.8, 4) is 16.9 Å². The van der Waals surface area contributed by atoms with E-state index in [-0.39, 0.29) is 18.1 Å². The van der Waals surface area contributed by atoms with Crippen LogP contribution < -0.4 is 10.4 Å². The molecule has 1 amide bonds. The van der Waals surface area contributed by atoms with Crippen LogP contribution in [0.5, 0.6) is 5.75 Å². The van der Waals surface area contributed by atoms with Crippen LogP contribution >= 0.6 is 0 Å². The minimum absolute atomic E-state index is 0.0375. The van der Waals surface area contributed by atoms with Crippen LogP contribution in [-0.4, -0.2) is 32.0 Å². The Morgan fingerprint density at radius 1 is 1.03 bits per heavy atom. The van der Waals surface area contributed by atoms with E-state index in [2.05, 4.69) is 11.1 Å². The first-order valence-electron chi connectivity index (χ1n) is 11.1. The third-order valence-corrected chi connectivity index (χ3v) is 6.31. The van der Waals surface area contributed by atoms with Gasteiger partial charge in [0.1, 0.15) is 12.3 Å². The van der Waals surface area contributed by atoms with E-state index in [1.54, 1.807) is 22.8 Å². The zero-order chi connectivity index (χ0) is 23.1. The highest BCUT2D eigenvalue weighted by Crippen LogP contribution is 2.27. The fourth-order valence-corrected chi connectivity index (χ4v) is 4.53. The first-order valence-corrected chi connectivity index (χ1v) is 11.1. The van der Waals surface area contributed by atoms with Crippen molar-refractivity contribution in [1.82, 2.24) is 19.0 Å². The van der Waals surface area contributed by atoms with E-state index >= 15 is 0 Å². The van der Waals surface area contributed by atoms with Gasteiger partial charge in [-0.1, -0.05) is 35.9 Å². The van der Waals surface area contributed by atoms with E-state index < -0.39 is 0 Å². The van der Waals surface area contributed by atoms with Crippen molar-refractivity contribution in [1.29, 1.82) is 0 Å². The predicted molar refractivity (Wildman–Crippen MR) is 127 cm³/mol. The molecular formula is C26H26N4O3. The highest BCUT2D eigenvalue weighted by Gasteiger charge is 2.26. The number of aromatic nitrogens is 3. The smallest absolute Gasteiger partial charge is 0.330 e. The number of rotatable bonds is 5. The van der Waals surface area contributed by atoms with Crippen LogP contribution in [0.4, 0.5) is 0 Å². The van der Waals surface area contributed by atoms with Crippen molar-refractivity contribution >= 4 is 17.1 Å². The maximum absolute atomic E-state index is 13.2. The number of carbonyl (C=O) groups is 1. The quantitative estimate of drug-likeness (QED) is 0.472. The van der Waals surface area contributed by atoms with E-state index in [0.717, 1.165) is 39.1 Å². The summed E-state index contributed by atoms with van der Waals surface area (Å²) in [6.45, 7) is 5.49. The van der Waals surface area contributed by atoms with E-state index in [1.807, 2.05) is 56.3 Å². The molecule has 5 rings (SSSR count). The molecule has 1 aliphatic rings. The average molecular weight is 443 g/mol. The Hall–Kier alpha value is -3.87. The molecule has 0 bridgehead atoms. The fourth-order valence-electron chi connectivity index (χ4n) is 4.53. The van der Waals surface area contributed by atoms with Crippen LogP contribution in [-0.2, 0) is 31.0 Å². The molecule has 0 saturated heterocycles. The van der Waals surface area contributed by atoms with Crippen LogP contribution in [0, 0.1) is 6.92 Å². The lowest BCUT2D eigenvalue weighted by molar-refractivity contribution is -0.132. The minimum atomic E-state index is -0.215. The summed E-state index contributed by atoms with van der Waals surface area (Å²) in [5.41, 5.74) is 6.39. The van der Waals surface area contributed by atoms with Crippen molar-refractivity contribution in [2.75, 3.05) is 7.11 Å². The lowest BCUT2D eigenvalue weighted by Gasteiger charge is -2.15. The van der Waals surface area contributed by atoms with Gasteiger partial charge in [0.2, 0.25) is 5.91 Å². The van der Waals surface area contributed by atoms with Gasteiger partial charge in [-0.3, -0.25) is 13.9 Å². The molecule has 0 unspecified atom stereocenters. The molecule has 0 N–H and O–H groups in total. The molecule has 168 valence electrons. The third kappa shape index (κ3) is 3.69. The molecule has 0 fully saturated rings. The number of methoxy groups -OCH3 is 1. The summed E-state index contributed by atoms with van der Waals surface area (Å²) in [7, 11) is 1.63. The first-order chi connectivity index (χ1) is 16.0. The zero-order valence-corrected chi connectivity index (χ0v) is 19.0. The van der Waals surface area contributed by atoms with E-state index in [9.17, 15) is 9.59 Å². The second kappa shape index (κ2) is 8.24.